The molecule has 0 radical (unpaired) electrons. The van der Waals surface area contributed by atoms with E-state index in [2.05, 4.69) is 6.92 Å². The highest BCUT2D eigenvalue weighted by atomic mass is 16.3. The molecule has 0 heterocycles. The third-order valence-corrected chi connectivity index (χ3v) is 3.61. The fourth-order valence-corrected chi connectivity index (χ4v) is 2.50. The van der Waals surface area contributed by atoms with E-state index >= 15 is 0 Å². The largest absolute Gasteiger partial charge is 0.395 e. The molecule has 3 N–H and O–H groups in total. The Morgan fingerprint density at radius 1 is 1.35 bits per heavy atom. The van der Waals surface area contributed by atoms with Gasteiger partial charge in [-0.05, 0) is 19.3 Å². The second kappa shape index (κ2) is 6.97. The average molecular weight is 242 g/mol. The summed E-state index contributed by atoms with van der Waals surface area (Å²) in [6, 6.07) is 0. The zero-order chi connectivity index (χ0) is 12.7. The number of unbranched alkanes of at least 4 members (excludes halogenated alkanes) is 1. The summed E-state index contributed by atoms with van der Waals surface area (Å²) in [4.78, 5) is 13.9. The van der Waals surface area contributed by atoms with Gasteiger partial charge in [0.25, 0.3) is 0 Å². The Labute approximate surface area is 104 Å². The van der Waals surface area contributed by atoms with E-state index in [9.17, 15) is 4.79 Å². The molecule has 100 valence electrons. The van der Waals surface area contributed by atoms with Gasteiger partial charge in [0.1, 0.15) is 0 Å². The molecule has 0 aromatic rings. The van der Waals surface area contributed by atoms with Crippen LogP contribution in [-0.4, -0.2) is 41.1 Å². The van der Waals surface area contributed by atoms with E-state index in [1.54, 1.807) is 4.90 Å². The summed E-state index contributed by atoms with van der Waals surface area (Å²) in [7, 11) is 0. The van der Waals surface area contributed by atoms with Gasteiger partial charge in [-0.15, -0.1) is 0 Å². The normalized spacial score (nSPS) is 18.3. The third-order valence-electron chi connectivity index (χ3n) is 3.61. The van der Waals surface area contributed by atoms with Crippen molar-refractivity contribution in [2.24, 2.45) is 5.73 Å². The van der Waals surface area contributed by atoms with Gasteiger partial charge in [0.15, 0.2) is 0 Å². The summed E-state index contributed by atoms with van der Waals surface area (Å²) in [5.41, 5.74) is 5.93. The van der Waals surface area contributed by atoms with Gasteiger partial charge >= 0.3 is 0 Å². The summed E-state index contributed by atoms with van der Waals surface area (Å²) in [6.07, 6.45) is 6.68. The van der Waals surface area contributed by atoms with Gasteiger partial charge in [0.05, 0.1) is 6.61 Å². The van der Waals surface area contributed by atoms with Crippen molar-refractivity contribution >= 4 is 5.91 Å². The fourth-order valence-electron chi connectivity index (χ4n) is 2.50. The Morgan fingerprint density at radius 2 is 2.00 bits per heavy atom. The second-order valence-electron chi connectivity index (χ2n) is 5.20. The minimum absolute atomic E-state index is 0.0347. The molecule has 1 amide bonds. The van der Waals surface area contributed by atoms with Crippen LogP contribution in [0.3, 0.4) is 0 Å². The first-order valence-corrected chi connectivity index (χ1v) is 6.79. The lowest BCUT2D eigenvalue weighted by molar-refractivity contribution is -0.133. The van der Waals surface area contributed by atoms with Gasteiger partial charge in [-0.3, -0.25) is 4.79 Å². The number of aliphatic hydroxyl groups is 1. The third kappa shape index (κ3) is 4.64. The zero-order valence-electron chi connectivity index (χ0n) is 11.0. The smallest absolute Gasteiger partial charge is 0.224 e. The van der Waals surface area contributed by atoms with Gasteiger partial charge < -0.3 is 15.7 Å². The number of carbonyl (C=O) groups is 1. The van der Waals surface area contributed by atoms with Crippen molar-refractivity contribution in [3.63, 3.8) is 0 Å². The molecule has 17 heavy (non-hydrogen) atoms. The quantitative estimate of drug-likeness (QED) is 0.706. The van der Waals surface area contributed by atoms with Crippen molar-refractivity contribution in [2.45, 2.75) is 57.4 Å². The van der Waals surface area contributed by atoms with Crippen molar-refractivity contribution in [3.8, 4) is 0 Å². The van der Waals surface area contributed by atoms with Crippen LogP contribution in [-0.2, 0) is 4.79 Å². The van der Waals surface area contributed by atoms with Crippen molar-refractivity contribution in [1.82, 2.24) is 4.90 Å². The second-order valence-corrected chi connectivity index (χ2v) is 5.20. The monoisotopic (exact) mass is 242 g/mol. The number of hydrogen-bond donors (Lipinski definition) is 2. The molecular formula is C13H26N2O2. The molecule has 0 unspecified atom stereocenters. The number of aliphatic hydroxyl groups excluding tert-OH is 1. The predicted octanol–water partition coefficient (Wildman–Crippen LogP) is 1.27. The molecular weight excluding hydrogens is 216 g/mol. The molecule has 0 atom stereocenters. The summed E-state index contributed by atoms with van der Waals surface area (Å²) >= 11 is 0. The maximum atomic E-state index is 12.1. The first-order valence-electron chi connectivity index (χ1n) is 6.79. The van der Waals surface area contributed by atoms with Crippen molar-refractivity contribution in [3.05, 3.63) is 0 Å². The number of nitrogens with zero attached hydrogens (tertiary/aromatic N) is 1. The van der Waals surface area contributed by atoms with Crippen LogP contribution >= 0.6 is 0 Å². The van der Waals surface area contributed by atoms with Crippen LogP contribution in [0.4, 0.5) is 0 Å². The summed E-state index contributed by atoms with van der Waals surface area (Å²) < 4.78 is 0. The van der Waals surface area contributed by atoms with Gasteiger partial charge in [-0.1, -0.05) is 26.2 Å². The molecule has 0 aromatic heterocycles. The van der Waals surface area contributed by atoms with Gasteiger partial charge in [0, 0.05) is 25.0 Å². The van der Waals surface area contributed by atoms with Gasteiger partial charge in [0.2, 0.25) is 5.91 Å². The van der Waals surface area contributed by atoms with E-state index in [0.717, 1.165) is 45.1 Å². The lowest BCUT2D eigenvalue weighted by Crippen LogP contribution is -2.44. The molecule has 1 aliphatic rings. The summed E-state index contributed by atoms with van der Waals surface area (Å²) in [6.45, 7) is 3.32. The maximum absolute atomic E-state index is 12.1. The number of amides is 1. The van der Waals surface area contributed by atoms with Crippen LogP contribution < -0.4 is 5.73 Å². The van der Waals surface area contributed by atoms with E-state index in [1.807, 2.05) is 0 Å². The predicted molar refractivity (Wildman–Crippen MR) is 68.6 cm³/mol. The van der Waals surface area contributed by atoms with Crippen LogP contribution in [0, 0.1) is 0 Å². The lowest BCUT2D eigenvalue weighted by Gasteiger charge is -2.28. The van der Waals surface area contributed by atoms with E-state index in [4.69, 9.17) is 10.8 Å². The SMILES string of the molecule is CCCCN(CCO)C(=O)CC1(N)CCCC1. The number of carbonyl (C=O) groups excluding carboxylic acids is 1. The molecule has 4 nitrogen and oxygen atoms in total. The highest BCUT2D eigenvalue weighted by Crippen LogP contribution is 2.30. The van der Waals surface area contributed by atoms with Gasteiger partial charge in [-0.2, -0.15) is 0 Å². The molecule has 1 aliphatic carbocycles. The van der Waals surface area contributed by atoms with E-state index in [0.29, 0.717) is 13.0 Å². The van der Waals surface area contributed by atoms with Gasteiger partial charge in [-0.25, -0.2) is 0 Å². The molecule has 1 saturated carbocycles. The average Bonchev–Trinajstić information content (AvgIpc) is 2.70. The summed E-state index contributed by atoms with van der Waals surface area (Å²) in [5.74, 6) is 0.108. The Morgan fingerprint density at radius 3 is 2.53 bits per heavy atom. The highest BCUT2D eigenvalue weighted by Gasteiger charge is 2.33. The Bertz CT molecular complexity index is 238. The Kier molecular flexibility index (Phi) is 5.92. The maximum Gasteiger partial charge on any atom is 0.224 e. The molecule has 1 fully saturated rings. The standard InChI is InChI=1S/C13H26N2O2/c1-2-3-8-15(9-10-16)12(17)11-13(14)6-4-5-7-13/h16H,2-11,14H2,1H3. The first kappa shape index (κ1) is 14.5. The number of hydrogen-bond acceptors (Lipinski definition) is 3. The molecule has 4 heteroatoms. The molecule has 0 bridgehead atoms. The van der Waals surface area contributed by atoms with Crippen LogP contribution in [0.1, 0.15) is 51.9 Å². The van der Waals surface area contributed by atoms with E-state index in [1.165, 1.54) is 0 Å². The summed E-state index contributed by atoms with van der Waals surface area (Å²) in [5, 5.41) is 8.98. The van der Waals surface area contributed by atoms with Crippen molar-refractivity contribution in [1.29, 1.82) is 0 Å². The van der Waals surface area contributed by atoms with E-state index in [-0.39, 0.29) is 18.1 Å². The Balaban J connectivity index is 2.45. The Hall–Kier alpha value is -0.610. The highest BCUT2D eigenvalue weighted by molar-refractivity contribution is 5.77. The van der Waals surface area contributed by atoms with Crippen LogP contribution in [0.15, 0.2) is 0 Å². The first-order chi connectivity index (χ1) is 8.11. The van der Waals surface area contributed by atoms with E-state index < -0.39 is 0 Å². The van der Waals surface area contributed by atoms with Crippen molar-refractivity contribution in [2.75, 3.05) is 19.7 Å². The topological polar surface area (TPSA) is 66.6 Å². The lowest BCUT2D eigenvalue weighted by atomic mass is 9.94. The number of rotatable bonds is 7. The molecule has 0 saturated heterocycles. The fraction of sp³-hybridized carbons (Fsp3) is 0.923. The molecule has 0 aromatic carbocycles. The van der Waals surface area contributed by atoms with Crippen LogP contribution in [0.25, 0.3) is 0 Å². The molecule has 0 spiro atoms. The molecule has 1 rings (SSSR count). The minimum atomic E-state index is -0.281. The van der Waals surface area contributed by atoms with Crippen LogP contribution in [0.5, 0.6) is 0 Å². The van der Waals surface area contributed by atoms with Crippen LogP contribution in [0.2, 0.25) is 0 Å². The number of nitrogens with two attached hydrogens (primary N) is 1. The molecule has 0 aliphatic heterocycles. The van der Waals surface area contributed by atoms with Crippen molar-refractivity contribution < 1.29 is 9.90 Å². The minimum Gasteiger partial charge on any atom is -0.395 e. The zero-order valence-corrected chi connectivity index (χ0v) is 11.0.